The Labute approximate surface area is 231 Å². The van der Waals surface area contributed by atoms with E-state index in [1.165, 1.54) is 25.7 Å². The van der Waals surface area contributed by atoms with Crippen LogP contribution in [0.15, 0.2) is 0 Å². The van der Waals surface area contributed by atoms with Crippen LogP contribution in [0.1, 0.15) is 58.8 Å². The van der Waals surface area contributed by atoms with Gasteiger partial charge in [0.1, 0.15) is 12.2 Å². The van der Waals surface area contributed by atoms with E-state index >= 15 is 0 Å². The number of hydrogen-bond donors (Lipinski definition) is 4. The molecule has 0 spiro atoms. The number of fused-ring (bicyclic) bond motifs is 1. The Bertz CT molecular complexity index is 844. The highest BCUT2D eigenvalue weighted by molar-refractivity contribution is 6.20. The first-order chi connectivity index (χ1) is 18.0. The molecule has 4 N–H and O–H groups in total. The molecule has 2 saturated carbocycles. The molecule has 218 valence electrons. The summed E-state index contributed by atoms with van der Waals surface area (Å²) in [5.74, 6) is 2.81. The first kappa shape index (κ1) is 28.7. The van der Waals surface area contributed by atoms with E-state index in [0.717, 1.165) is 19.4 Å². The Balaban J connectivity index is 1.22. The monoisotopic (exact) mass is 561 g/mol. The molecule has 10 atom stereocenters. The predicted octanol–water partition coefficient (Wildman–Crippen LogP) is 3.66. The van der Waals surface area contributed by atoms with Crippen molar-refractivity contribution in [1.82, 2.24) is 30.7 Å². The summed E-state index contributed by atoms with van der Waals surface area (Å²) in [6.45, 7) is 6.25. The van der Waals surface area contributed by atoms with Crippen molar-refractivity contribution in [2.24, 2.45) is 29.6 Å². The molecular formula is C27H47ClF3N7. The Morgan fingerprint density at radius 1 is 1.05 bits per heavy atom. The first-order valence-electron chi connectivity index (χ1n) is 14.7. The Morgan fingerprint density at radius 2 is 1.79 bits per heavy atom. The van der Waals surface area contributed by atoms with Crippen LogP contribution >= 0.6 is 11.6 Å². The summed E-state index contributed by atoms with van der Waals surface area (Å²) in [5, 5.41) is 19.3. The van der Waals surface area contributed by atoms with Crippen molar-refractivity contribution in [3.05, 3.63) is 0 Å². The van der Waals surface area contributed by atoms with Crippen LogP contribution < -0.4 is 16.0 Å². The van der Waals surface area contributed by atoms with Gasteiger partial charge in [-0.3, -0.25) is 26.3 Å². The largest absolute Gasteiger partial charge is 0.405 e. The van der Waals surface area contributed by atoms with E-state index in [9.17, 15) is 13.2 Å². The van der Waals surface area contributed by atoms with Crippen molar-refractivity contribution in [1.29, 1.82) is 5.41 Å². The maximum absolute atomic E-state index is 13.3. The summed E-state index contributed by atoms with van der Waals surface area (Å²) >= 11 is 6.96. The quantitative estimate of drug-likeness (QED) is 0.384. The van der Waals surface area contributed by atoms with E-state index in [-0.39, 0.29) is 48.3 Å². The van der Waals surface area contributed by atoms with Crippen LogP contribution in [-0.2, 0) is 0 Å². The maximum atomic E-state index is 13.3. The van der Waals surface area contributed by atoms with Gasteiger partial charge in [0.2, 0.25) is 0 Å². The van der Waals surface area contributed by atoms with Crippen molar-refractivity contribution in [3.63, 3.8) is 0 Å². The second-order valence-electron chi connectivity index (χ2n) is 13.0. The summed E-state index contributed by atoms with van der Waals surface area (Å²) in [5.41, 5.74) is 0. The molecule has 0 aromatic rings. The minimum absolute atomic E-state index is 0.0130. The average molecular weight is 562 g/mol. The molecule has 2 aliphatic carbocycles. The summed E-state index contributed by atoms with van der Waals surface area (Å²) in [7, 11) is 3.78. The van der Waals surface area contributed by atoms with E-state index in [0.29, 0.717) is 36.7 Å². The molecule has 0 bridgehead atoms. The van der Waals surface area contributed by atoms with E-state index in [1.54, 1.807) is 11.9 Å². The van der Waals surface area contributed by atoms with Crippen molar-refractivity contribution >= 4 is 17.6 Å². The van der Waals surface area contributed by atoms with Gasteiger partial charge in [-0.05, 0) is 68.7 Å². The van der Waals surface area contributed by atoms with E-state index in [2.05, 4.69) is 39.6 Å². The third kappa shape index (κ3) is 5.54. The second kappa shape index (κ2) is 11.2. The van der Waals surface area contributed by atoms with E-state index in [4.69, 9.17) is 17.0 Å². The third-order valence-corrected chi connectivity index (χ3v) is 10.9. The molecule has 0 aromatic carbocycles. The van der Waals surface area contributed by atoms with Gasteiger partial charge in [-0.1, -0.05) is 26.7 Å². The molecule has 38 heavy (non-hydrogen) atoms. The zero-order valence-corrected chi connectivity index (χ0v) is 24.0. The number of likely N-dealkylation sites (N-methyl/N-ethyl adjacent to an activating group) is 2. The fourth-order valence-electron chi connectivity index (χ4n) is 8.19. The highest BCUT2D eigenvalue weighted by Crippen LogP contribution is 2.40. The molecule has 5 fully saturated rings. The lowest BCUT2D eigenvalue weighted by atomic mass is 9.71. The van der Waals surface area contributed by atoms with Crippen LogP contribution in [-0.4, -0.2) is 96.5 Å². The Morgan fingerprint density at radius 3 is 2.45 bits per heavy atom. The SMILES string of the molecule is CC(C)C1CCCCC1C1NCC2C(N1)N(CC1CCC(C3NC(C(F)(F)F)CN3C)CC1Cl)C(=N)N2C. The van der Waals surface area contributed by atoms with Gasteiger partial charge in [-0.2, -0.15) is 13.2 Å². The normalized spacial score (nSPS) is 43.2. The summed E-state index contributed by atoms with van der Waals surface area (Å²) in [4.78, 5) is 6.09. The predicted molar refractivity (Wildman–Crippen MR) is 145 cm³/mol. The number of hydrogen-bond acceptors (Lipinski definition) is 5. The second-order valence-corrected chi connectivity index (χ2v) is 13.6. The third-order valence-electron chi connectivity index (χ3n) is 10.4. The van der Waals surface area contributed by atoms with Crippen molar-refractivity contribution in [2.75, 3.05) is 33.7 Å². The molecule has 3 saturated heterocycles. The van der Waals surface area contributed by atoms with Gasteiger partial charge in [-0.25, -0.2) is 0 Å². The molecule has 0 aromatic heterocycles. The van der Waals surface area contributed by atoms with Crippen LogP contribution in [0.25, 0.3) is 0 Å². The van der Waals surface area contributed by atoms with Crippen LogP contribution in [0.5, 0.6) is 0 Å². The standard InChI is InChI=1S/C27H47ClF3N7/c1-15(2)18-7-5-6-8-19(18)23-33-12-21-25(35-23)38(26(32)37(21)4)13-17-10-9-16(11-20(17)28)24-34-22(14-36(24)3)27(29,30)31/h15-25,32-35H,5-14H2,1-4H3. The minimum atomic E-state index is -4.23. The number of rotatable bonds is 5. The lowest BCUT2D eigenvalue weighted by molar-refractivity contribution is -0.150. The van der Waals surface area contributed by atoms with E-state index in [1.807, 2.05) is 7.05 Å². The molecule has 7 nitrogen and oxygen atoms in total. The molecule has 0 amide bonds. The van der Waals surface area contributed by atoms with Crippen molar-refractivity contribution < 1.29 is 13.2 Å². The molecule has 10 unspecified atom stereocenters. The number of guanidine groups is 1. The smallest absolute Gasteiger partial charge is 0.338 e. The first-order valence-corrected chi connectivity index (χ1v) is 15.1. The summed E-state index contributed by atoms with van der Waals surface area (Å²) < 4.78 is 39.9. The molecule has 3 aliphatic heterocycles. The fourth-order valence-corrected chi connectivity index (χ4v) is 8.63. The van der Waals surface area contributed by atoms with Gasteiger partial charge < -0.3 is 9.80 Å². The Kier molecular flexibility index (Phi) is 8.48. The van der Waals surface area contributed by atoms with Gasteiger partial charge in [0.05, 0.1) is 18.4 Å². The van der Waals surface area contributed by atoms with Crippen molar-refractivity contribution in [2.45, 2.75) is 101 Å². The zero-order chi connectivity index (χ0) is 27.4. The molecular weight excluding hydrogens is 515 g/mol. The van der Waals surface area contributed by atoms with Crippen LogP contribution in [0.4, 0.5) is 13.2 Å². The molecule has 3 heterocycles. The van der Waals surface area contributed by atoms with Crippen molar-refractivity contribution in [3.8, 4) is 0 Å². The van der Waals surface area contributed by atoms with E-state index < -0.39 is 12.2 Å². The highest BCUT2D eigenvalue weighted by atomic mass is 35.5. The summed E-state index contributed by atoms with van der Waals surface area (Å²) in [6, 6.07) is -1.28. The summed E-state index contributed by atoms with van der Waals surface area (Å²) in [6.07, 6.45) is 3.35. The average Bonchev–Trinajstić information content (AvgIpc) is 3.38. The van der Waals surface area contributed by atoms with Crippen LogP contribution in [0.3, 0.4) is 0 Å². The van der Waals surface area contributed by atoms with Gasteiger partial charge in [0.15, 0.2) is 5.96 Å². The molecule has 5 rings (SSSR count). The zero-order valence-electron chi connectivity index (χ0n) is 23.3. The Hall–Kier alpha value is -0.810. The maximum Gasteiger partial charge on any atom is 0.405 e. The molecule has 11 heteroatoms. The van der Waals surface area contributed by atoms with Gasteiger partial charge in [0.25, 0.3) is 0 Å². The fraction of sp³-hybridized carbons (Fsp3) is 0.963. The number of alkyl halides is 4. The minimum Gasteiger partial charge on any atom is -0.338 e. The van der Waals surface area contributed by atoms with Gasteiger partial charge >= 0.3 is 6.18 Å². The lowest BCUT2D eigenvalue weighted by Gasteiger charge is -2.46. The lowest BCUT2D eigenvalue weighted by Crippen LogP contribution is -2.67. The van der Waals surface area contributed by atoms with Gasteiger partial charge in [-0.15, -0.1) is 11.6 Å². The highest BCUT2D eigenvalue weighted by Gasteiger charge is 2.51. The molecule has 0 radical (unpaired) electrons. The number of nitrogens with zero attached hydrogens (tertiary/aromatic N) is 3. The molecule has 5 aliphatic rings. The van der Waals surface area contributed by atoms with Crippen LogP contribution in [0, 0.1) is 35.0 Å². The van der Waals surface area contributed by atoms with Crippen LogP contribution in [0.2, 0.25) is 0 Å². The number of halogens is 4. The topological polar surface area (TPSA) is 69.7 Å². The number of nitrogens with one attached hydrogen (secondary N) is 4. The van der Waals surface area contributed by atoms with Gasteiger partial charge in [0, 0.05) is 32.1 Å².